The van der Waals surface area contributed by atoms with E-state index in [4.69, 9.17) is 0 Å². The van der Waals surface area contributed by atoms with Gasteiger partial charge in [-0.3, -0.25) is 14.9 Å². The highest BCUT2D eigenvalue weighted by Crippen LogP contribution is 2.22. The number of benzene rings is 3. The summed E-state index contributed by atoms with van der Waals surface area (Å²) in [5, 5.41) is 13.2. The van der Waals surface area contributed by atoms with Gasteiger partial charge in [0.2, 0.25) is 0 Å². The lowest BCUT2D eigenvalue weighted by molar-refractivity contribution is -0.415. The Balaban J connectivity index is 2.12. The summed E-state index contributed by atoms with van der Waals surface area (Å²) >= 11 is 0. The molecule has 0 aromatic heterocycles. The summed E-state index contributed by atoms with van der Waals surface area (Å²) in [5.74, 6) is -0.594. The number of ketones is 1. The van der Waals surface area contributed by atoms with Gasteiger partial charge in [0.25, 0.3) is 5.78 Å². The van der Waals surface area contributed by atoms with Gasteiger partial charge >= 0.3 is 5.70 Å². The molecule has 3 rings (SSSR count). The SMILES string of the molecule is O=C(/C(=C\c1cccc2ccccc12)[N+](=O)[O-])c1ccccc1. The number of fused-ring (bicyclic) bond motifs is 1. The molecule has 4 nitrogen and oxygen atoms in total. The Labute approximate surface area is 132 Å². The maximum absolute atomic E-state index is 12.4. The topological polar surface area (TPSA) is 60.2 Å². The number of allylic oxidation sites excluding steroid dienone is 1. The molecule has 0 atom stereocenters. The van der Waals surface area contributed by atoms with Crippen LogP contribution in [0.15, 0.2) is 78.5 Å². The lowest BCUT2D eigenvalue weighted by Crippen LogP contribution is -2.11. The second kappa shape index (κ2) is 6.23. The first-order chi connectivity index (χ1) is 11.2. The lowest BCUT2D eigenvalue weighted by atomic mass is 10.0. The minimum atomic E-state index is -0.628. The van der Waals surface area contributed by atoms with Crippen molar-refractivity contribution < 1.29 is 9.72 Å². The minimum Gasteiger partial charge on any atom is -0.282 e. The Hall–Kier alpha value is -3.27. The van der Waals surface area contributed by atoms with Crippen LogP contribution in [0.5, 0.6) is 0 Å². The minimum absolute atomic E-state index is 0.302. The first-order valence-electron chi connectivity index (χ1n) is 7.10. The van der Waals surface area contributed by atoms with Crippen molar-refractivity contribution in [2.24, 2.45) is 0 Å². The quantitative estimate of drug-likeness (QED) is 0.312. The Kier molecular flexibility index (Phi) is 3.97. The molecule has 0 radical (unpaired) electrons. The van der Waals surface area contributed by atoms with Crippen molar-refractivity contribution >= 4 is 22.6 Å². The molecular formula is C19H13NO3. The van der Waals surface area contributed by atoms with Crippen LogP contribution in [0.25, 0.3) is 16.8 Å². The van der Waals surface area contributed by atoms with Crippen molar-refractivity contribution in [2.45, 2.75) is 0 Å². The standard InChI is InChI=1S/C19H13NO3/c21-19(15-8-2-1-3-9-15)18(20(22)23)13-16-11-6-10-14-7-4-5-12-17(14)16/h1-13H/b18-13+. The van der Waals surface area contributed by atoms with Crippen LogP contribution < -0.4 is 0 Å². The summed E-state index contributed by atoms with van der Waals surface area (Å²) in [6.07, 6.45) is 1.34. The zero-order chi connectivity index (χ0) is 16.2. The molecule has 0 saturated heterocycles. The van der Waals surface area contributed by atoms with Gasteiger partial charge in [0.15, 0.2) is 0 Å². The van der Waals surface area contributed by atoms with Gasteiger partial charge in [-0.15, -0.1) is 0 Å². The van der Waals surface area contributed by atoms with Crippen LogP contribution >= 0.6 is 0 Å². The molecule has 112 valence electrons. The number of carbonyl (C=O) groups excluding carboxylic acids is 1. The largest absolute Gasteiger partial charge is 0.317 e. The van der Waals surface area contributed by atoms with Crippen LogP contribution in [0.4, 0.5) is 0 Å². The number of hydrogen-bond donors (Lipinski definition) is 0. The highest BCUT2D eigenvalue weighted by atomic mass is 16.6. The summed E-state index contributed by atoms with van der Waals surface area (Å²) in [7, 11) is 0. The van der Waals surface area contributed by atoms with Gasteiger partial charge in [-0.25, -0.2) is 0 Å². The zero-order valence-electron chi connectivity index (χ0n) is 12.2. The fraction of sp³-hybridized carbons (Fsp3) is 0. The first-order valence-corrected chi connectivity index (χ1v) is 7.10. The summed E-state index contributed by atoms with van der Waals surface area (Å²) in [6, 6.07) is 21.4. The van der Waals surface area contributed by atoms with Crippen LogP contribution in [0.2, 0.25) is 0 Å². The Morgan fingerprint density at radius 1 is 0.870 bits per heavy atom. The molecule has 0 bridgehead atoms. The molecule has 0 amide bonds. The van der Waals surface area contributed by atoms with Crippen molar-refractivity contribution in [2.75, 3.05) is 0 Å². The highest BCUT2D eigenvalue weighted by Gasteiger charge is 2.23. The molecule has 0 heterocycles. The molecule has 0 fully saturated rings. The summed E-state index contributed by atoms with van der Waals surface area (Å²) in [6.45, 7) is 0. The summed E-state index contributed by atoms with van der Waals surface area (Å²) in [4.78, 5) is 23.2. The predicted octanol–water partition coefficient (Wildman–Crippen LogP) is 4.34. The molecule has 3 aromatic carbocycles. The van der Waals surface area contributed by atoms with Crippen molar-refractivity contribution in [3.8, 4) is 0 Å². The molecule has 23 heavy (non-hydrogen) atoms. The number of nitro groups is 1. The Bertz CT molecular complexity index is 909. The van der Waals surface area contributed by atoms with E-state index in [1.807, 2.05) is 36.4 Å². The second-order valence-corrected chi connectivity index (χ2v) is 5.05. The maximum atomic E-state index is 12.4. The molecular weight excluding hydrogens is 290 g/mol. The molecule has 0 aliphatic heterocycles. The number of nitrogens with zero attached hydrogens (tertiary/aromatic N) is 1. The highest BCUT2D eigenvalue weighted by molar-refractivity contribution is 6.10. The van der Waals surface area contributed by atoms with E-state index in [0.717, 1.165) is 10.8 Å². The summed E-state index contributed by atoms with van der Waals surface area (Å²) in [5.41, 5.74) is 0.516. The monoisotopic (exact) mass is 303 g/mol. The third kappa shape index (κ3) is 3.01. The van der Waals surface area contributed by atoms with Crippen LogP contribution in [0.3, 0.4) is 0 Å². The third-order valence-corrected chi connectivity index (χ3v) is 3.58. The molecule has 0 spiro atoms. The van der Waals surface area contributed by atoms with E-state index in [0.29, 0.717) is 11.1 Å². The third-order valence-electron chi connectivity index (χ3n) is 3.58. The van der Waals surface area contributed by atoms with Crippen molar-refractivity contribution in [1.82, 2.24) is 0 Å². The van der Waals surface area contributed by atoms with Gasteiger partial charge in [-0.2, -0.15) is 0 Å². The average molecular weight is 303 g/mol. The van der Waals surface area contributed by atoms with Crippen LogP contribution in [0, 0.1) is 10.1 Å². The number of rotatable bonds is 4. The normalized spacial score (nSPS) is 11.4. The van der Waals surface area contributed by atoms with Crippen LogP contribution in [-0.4, -0.2) is 10.7 Å². The first kappa shape index (κ1) is 14.7. The lowest BCUT2D eigenvalue weighted by Gasteiger charge is -2.03. The second-order valence-electron chi connectivity index (χ2n) is 5.05. The smallest absolute Gasteiger partial charge is 0.282 e. The van der Waals surface area contributed by atoms with E-state index in [1.165, 1.54) is 6.08 Å². The van der Waals surface area contributed by atoms with Gasteiger partial charge in [0.05, 0.1) is 4.92 Å². The maximum Gasteiger partial charge on any atom is 0.317 e. The molecule has 4 heteroatoms. The zero-order valence-corrected chi connectivity index (χ0v) is 12.2. The van der Waals surface area contributed by atoms with Crippen molar-refractivity contribution in [3.63, 3.8) is 0 Å². The molecule has 0 saturated carbocycles. The predicted molar refractivity (Wildman–Crippen MR) is 89.7 cm³/mol. The number of Topliss-reactive ketones (excluding diaryl/α,β-unsaturated/α-hetero) is 1. The van der Waals surface area contributed by atoms with Gasteiger partial charge in [0.1, 0.15) is 0 Å². The van der Waals surface area contributed by atoms with E-state index in [2.05, 4.69) is 0 Å². The Morgan fingerprint density at radius 2 is 1.52 bits per heavy atom. The van der Waals surface area contributed by atoms with E-state index in [-0.39, 0.29) is 0 Å². The van der Waals surface area contributed by atoms with Crippen molar-refractivity contribution in [1.29, 1.82) is 0 Å². The van der Waals surface area contributed by atoms with E-state index in [1.54, 1.807) is 36.4 Å². The van der Waals surface area contributed by atoms with Crippen LogP contribution in [0.1, 0.15) is 15.9 Å². The molecule has 0 aliphatic rings. The van der Waals surface area contributed by atoms with Gasteiger partial charge < -0.3 is 0 Å². The van der Waals surface area contributed by atoms with E-state index < -0.39 is 16.4 Å². The summed E-state index contributed by atoms with van der Waals surface area (Å²) < 4.78 is 0. The van der Waals surface area contributed by atoms with Crippen LogP contribution in [-0.2, 0) is 0 Å². The van der Waals surface area contributed by atoms with Gasteiger partial charge in [-0.1, -0.05) is 72.8 Å². The van der Waals surface area contributed by atoms with Gasteiger partial charge in [0, 0.05) is 11.6 Å². The fourth-order valence-corrected chi connectivity index (χ4v) is 2.46. The van der Waals surface area contributed by atoms with Gasteiger partial charge in [-0.05, 0) is 16.3 Å². The molecule has 0 unspecified atom stereocenters. The molecule has 0 aliphatic carbocycles. The Morgan fingerprint density at radius 3 is 2.26 bits per heavy atom. The number of carbonyl (C=O) groups is 1. The van der Waals surface area contributed by atoms with Crippen molar-refractivity contribution in [3.05, 3.63) is 99.7 Å². The van der Waals surface area contributed by atoms with E-state index in [9.17, 15) is 14.9 Å². The average Bonchev–Trinajstić information content (AvgIpc) is 2.59. The number of hydrogen-bond acceptors (Lipinski definition) is 3. The fourth-order valence-electron chi connectivity index (χ4n) is 2.46. The molecule has 3 aromatic rings. The van der Waals surface area contributed by atoms with E-state index >= 15 is 0 Å². The molecule has 0 N–H and O–H groups in total.